The molecular formula is C18H18N2O2. The molecule has 1 aliphatic heterocycles. The van der Waals surface area contributed by atoms with Crippen LogP contribution in [0.1, 0.15) is 17.5 Å². The average molecular weight is 294 g/mol. The second-order valence-corrected chi connectivity index (χ2v) is 5.54. The number of nitrogens with two attached hydrogens (primary N) is 1. The summed E-state index contributed by atoms with van der Waals surface area (Å²) >= 11 is 0. The predicted molar refractivity (Wildman–Crippen MR) is 84.0 cm³/mol. The molecule has 1 fully saturated rings. The first-order valence-corrected chi connectivity index (χ1v) is 7.36. The largest absolute Gasteiger partial charge is 0.369 e. The highest BCUT2D eigenvalue weighted by Crippen LogP contribution is 2.42. The van der Waals surface area contributed by atoms with Crippen molar-refractivity contribution in [2.24, 2.45) is 11.7 Å². The van der Waals surface area contributed by atoms with Crippen molar-refractivity contribution < 1.29 is 9.59 Å². The molecule has 1 saturated heterocycles. The molecule has 0 unspecified atom stereocenters. The highest BCUT2D eigenvalue weighted by molar-refractivity contribution is 5.98. The van der Waals surface area contributed by atoms with Gasteiger partial charge in [0.25, 0.3) is 0 Å². The fraction of sp³-hybridized carbons (Fsp3) is 0.222. The van der Waals surface area contributed by atoms with Crippen LogP contribution in [0.25, 0.3) is 0 Å². The van der Waals surface area contributed by atoms with E-state index in [-0.39, 0.29) is 5.91 Å². The van der Waals surface area contributed by atoms with E-state index in [1.807, 2.05) is 60.7 Å². The third-order valence-corrected chi connectivity index (χ3v) is 4.42. The Labute approximate surface area is 129 Å². The Balaban J connectivity index is 2.29. The van der Waals surface area contributed by atoms with Gasteiger partial charge in [0, 0.05) is 6.54 Å². The van der Waals surface area contributed by atoms with Crippen LogP contribution in [0.2, 0.25) is 0 Å². The van der Waals surface area contributed by atoms with E-state index in [0.717, 1.165) is 11.1 Å². The van der Waals surface area contributed by atoms with Crippen LogP contribution in [-0.4, -0.2) is 18.4 Å². The Morgan fingerprint density at radius 2 is 1.50 bits per heavy atom. The minimum absolute atomic E-state index is 0.119. The number of hydrogen-bond donors (Lipinski definition) is 2. The summed E-state index contributed by atoms with van der Waals surface area (Å²) < 4.78 is 0. The average Bonchev–Trinajstić information content (AvgIpc) is 2.97. The van der Waals surface area contributed by atoms with Gasteiger partial charge in [-0.3, -0.25) is 9.59 Å². The van der Waals surface area contributed by atoms with Gasteiger partial charge in [-0.2, -0.15) is 0 Å². The van der Waals surface area contributed by atoms with E-state index in [1.54, 1.807) is 0 Å². The minimum atomic E-state index is -1.14. The SMILES string of the molecule is NC(=O)C(c1ccccc1)(c1ccccc1)[C@@H]1CCNC1=O. The van der Waals surface area contributed by atoms with E-state index < -0.39 is 17.2 Å². The number of carbonyl (C=O) groups excluding carboxylic acids is 2. The highest BCUT2D eigenvalue weighted by Gasteiger charge is 2.52. The number of benzene rings is 2. The molecule has 0 aromatic heterocycles. The maximum Gasteiger partial charge on any atom is 0.233 e. The van der Waals surface area contributed by atoms with E-state index in [9.17, 15) is 9.59 Å². The first-order chi connectivity index (χ1) is 10.7. The molecular weight excluding hydrogens is 276 g/mol. The van der Waals surface area contributed by atoms with E-state index in [0.29, 0.717) is 13.0 Å². The summed E-state index contributed by atoms with van der Waals surface area (Å²) in [5.41, 5.74) is 6.24. The van der Waals surface area contributed by atoms with Crippen LogP contribution in [0, 0.1) is 5.92 Å². The van der Waals surface area contributed by atoms with Crippen molar-refractivity contribution in [3.63, 3.8) is 0 Å². The van der Waals surface area contributed by atoms with Crippen molar-refractivity contribution in [1.29, 1.82) is 0 Å². The van der Waals surface area contributed by atoms with Gasteiger partial charge in [-0.25, -0.2) is 0 Å². The quantitative estimate of drug-likeness (QED) is 0.899. The van der Waals surface area contributed by atoms with Gasteiger partial charge in [0.2, 0.25) is 11.8 Å². The van der Waals surface area contributed by atoms with Gasteiger partial charge in [-0.05, 0) is 17.5 Å². The molecule has 0 bridgehead atoms. The van der Waals surface area contributed by atoms with Crippen LogP contribution in [0.15, 0.2) is 60.7 Å². The second-order valence-electron chi connectivity index (χ2n) is 5.54. The van der Waals surface area contributed by atoms with E-state index in [2.05, 4.69) is 5.32 Å². The summed E-state index contributed by atoms with van der Waals surface area (Å²) in [7, 11) is 0. The molecule has 3 rings (SSSR count). The summed E-state index contributed by atoms with van der Waals surface area (Å²) in [6.45, 7) is 0.568. The third-order valence-electron chi connectivity index (χ3n) is 4.42. The summed E-state index contributed by atoms with van der Waals surface area (Å²) in [5.74, 6) is -1.10. The number of hydrogen-bond acceptors (Lipinski definition) is 2. The first kappa shape index (κ1) is 14.3. The van der Waals surface area contributed by atoms with Crippen LogP contribution in [0.5, 0.6) is 0 Å². The van der Waals surface area contributed by atoms with Crippen LogP contribution in [0.4, 0.5) is 0 Å². The van der Waals surface area contributed by atoms with Crippen molar-refractivity contribution >= 4 is 11.8 Å². The lowest BCUT2D eigenvalue weighted by molar-refractivity contribution is -0.131. The Morgan fingerprint density at radius 1 is 1.00 bits per heavy atom. The van der Waals surface area contributed by atoms with Gasteiger partial charge in [-0.15, -0.1) is 0 Å². The zero-order valence-corrected chi connectivity index (χ0v) is 12.2. The van der Waals surface area contributed by atoms with Gasteiger partial charge < -0.3 is 11.1 Å². The Hall–Kier alpha value is -2.62. The molecule has 4 heteroatoms. The molecule has 0 saturated carbocycles. The van der Waals surface area contributed by atoms with Crippen molar-refractivity contribution in [3.8, 4) is 0 Å². The summed E-state index contributed by atoms with van der Waals surface area (Å²) in [4.78, 5) is 25.0. The first-order valence-electron chi connectivity index (χ1n) is 7.36. The van der Waals surface area contributed by atoms with Crippen LogP contribution < -0.4 is 11.1 Å². The Morgan fingerprint density at radius 3 is 1.86 bits per heavy atom. The lowest BCUT2D eigenvalue weighted by Crippen LogP contribution is -2.50. The molecule has 1 heterocycles. The van der Waals surface area contributed by atoms with Gasteiger partial charge in [0.05, 0.1) is 5.92 Å². The third kappa shape index (κ3) is 2.08. The molecule has 0 aliphatic carbocycles. The summed E-state index contributed by atoms with van der Waals surface area (Å²) in [6.07, 6.45) is 0.589. The van der Waals surface area contributed by atoms with E-state index >= 15 is 0 Å². The summed E-state index contributed by atoms with van der Waals surface area (Å²) in [5, 5.41) is 2.82. The van der Waals surface area contributed by atoms with E-state index in [1.165, 1.54) is 0 Å². The lowest BCUT2D eigenvalue weighted by atomic mass is 9.64. The summed E-state index contributed by atoms with van der Waals surface area (Å²) in [6, 6.07) is 18.7. The molecule has 0 spiro atoms. The highest BCUT2D eigenvalue weighted by atomic mass is 16.2. The zero-order chi connectivity index (χ0) is 15.6. The number of primary amides is 1. The minimum Gasteiger partial charge on any atom is -0.369 e. The van der Waals surface area contributed by atoms with Gasteiger partial charge >= 0.3 is 0 Å². The van der Waals surface area contributed by atoms with Gasteiger partial charge in [-0.1, -0.05) is 60.7 Å². The van der Waals surface area contributed by atoms with Gasteiger partial charge in [0.15, 0.2) is 0 Å². The molecule has 4 nitrogen and oxygen atoms in total. The van der Waals surface area contributed by atoms with Crippen molar-refractivity contribution in [1.82, 2.24) is 5.32 Å². The fourth-order valence-corrected chi connectivity index (χ4v) is 3.43. The van der Waals surface area contributed by atoms with Crippen molar-refractivity contribution in [2.75, 3.05) is 6.54 Å². The Kier molecular flexibility index (Phi) is 3.67. The zero-order valence-electron chi connectivity index (χ0n) is 12.2. The molecule has 22 heavy (non-hydrogen) atoms. The number of carbonyl (C=O) groups is 2. The fourth-order valence-electron chi connectivity index (χ4n) is 3.43. The standard InChI is InChI=1S/C18H18N2O2/c19-17(22)18(13-7-3-1-4-8-13,14-9-5-2-6-10-14)15-11-12-20-16(15)21/h1-10,15H,11-12H2,(H2,19,22)(H,20,21)/t15-/m1/s1. The lowest BCUT2D eigenvalue weighted by Gasteiger charge is -2.36. The molecule has 1 aliphatic rings. The maximum absolute atomic E-state index is 12.6. The Bertz CT molecular complexity index is 643. The molecule has 2 amide bonds. The molecule has 0 radical (unpaired) electrons. The molecule has 112 valence electrons. The number of rotatable bonds is 4. The van der Waals surface area contributed by atoms with Gasteiger partial charge in [0.1, 0.15) is 5.41 Å². The number of nitrogens with one attached hydrogen (secondary N) is 1. The molecule has 1 atom stereocenters. The maximum atomic E-state index is 12.6. The second kappa shape index (κ2) is 5.64. The monoisotopic (exact) mass is 294 g/mol. The van der Waals surface area contributed by atoms with Crippen molar-refractivity contribution in [3.05, 3.63) is 71.8 Å². The topological polar surface area (TPSA) is 72.2 Å². The van der Waals surface area contributed by atoms with Crippen LogP contribution in [-0.2, 0) is 15.0 Å². The number of amides is 2. The van der Waals surface area contributed by atoms with E-state index in [4.69, 9.17) is 5.73 Å². The molecule has 3 N–H and O–H groups in total. The smallest absolute Gasteiger partial charge is 0.233 e. The van der Waals surface area contributed by atoms with Crippen molar-refractivity contribution in [2.45, 2.75) is 11.8 Å². The van der Waals surface area contributed by atoms with Crippen LogP contribution >= 0.6 is 0 Å². The van der Waals surface area contributed by atoms with Crippen LogP contribution in [0.3, 0.4) is 0 Å². The molecule has 2 aromatic rings. The molecule has 2 aromatic carbocycles. The predicted octanol–water partition coefficient (Wildman–Crippen LogP) is 1.59. The normalized spacial score (nSPS) is 18.0.